The number of aromatic nitrogens is 3. The molecule has 1 saturated carbocycles. The van der Waals surface area contributed by atoms with Gasteiger partial charge >= 0.3 is 12.1 Å². The van der Waals surface area contributed by atoms with Crippen molar-refractivity contribution >= 4 is 28.5 Å². The summed E-state index contributed by atoms with van der Waals surface area (Å²) >= 11 is 0. The number of allylic oxidation sites excluding steroid dienone is 2. The van der Waals surface area contributed by atoms with Crippen LogP contribution in [0.3, 0.4) is 0 Å². The van der Waals surface area contributed by atoms with Gasteiger partial charge in [-0.05, 0) is 57.4 Å². The van der Waals surface area contributed by atoms with Crippen molar-refractivity contribution < 1.29 is 27.8 Å². The fourth-order valence-corrected chi connectivity index (χ4v) is 4.85. The lowest BCUT2D eigenvalue weighted by Gasteiger charge is -2.27. The van der Waals surface area contributed by atoms with E-state index in [1.54, 1.807) is 13.1 Å². The maximum Gasteiger partial charge on any atom is 0.390 e. The fraction of sp³-hybridized carbons (Fsp3) is 0.625. The summed E-state index contributed by atoms with van der Waals surface area (Å²) in [6, 6.07) is 0.147. The van der Waals surface area contributed by atoms with Crippen molar-refractivity contribution in [3.05, 3.63) is 24.0 Å². The van der Waals surface area contributed by atoms with Crippen LogP contribution in [0.15, 0.2) is 18.5 Å². The number of ether oxygens (including phenoxy) is 1. The van der Waals surface area contributed by atoms with E-state index in [-0.39, 0.29) is 36.5 Å². The maximum absolute atomic E-state index is 12.5. The third-order valence-electron chi connectivity index (χ3n) is 6.70. The zero-order chi connectivity index (χ0) is 24.3. The lowest BCUT2D eigenvalue weighted by Crippen LogP contribution is -2.21. The molecule has 2 aliphatic carbocycles. The molecular formula is C24H31F3N4O3. The Morgan fingerprint density at radius 2 is 2.03 bits per heavy atom. The molecule has 0 bridgehead atoms. The molecule has 0 saturated heterocycles. The minimum Gasteiger partial charge on any atom is -0.466 e. The maximum atomic E-state index is 12.5. The van der Waals surface area contributed by atoms with Crippen LogP contribution in [-0.2, 0) is 9.53 Å². The van der Waals surface area contributed by atoms with Crippen LogP contribution in [0.25, 0.3) is 16.6 Å². The van der Waals surface area contributed by atoms with Crippen molar-refractivity contribution in [3.63, 3.8) is 0 Å². The number of esters is 1. The normalized spacial score (nSPS) is 23.6. The predicted molar refractivity (Wildman–Crippen MR) is 122 cm³/mol. The van der Waals surface area contributed by atoms with Gasteiger partial charge in [-0.3, -0.25) is 4.79 Å². The molecule has 2 aromatic heterocycles. The molecule has 34 heavy (non-hydrogen) atoms. The summed E-state index contributed by atoms with van der Waals surface area (Å²) in [5.74, 6) is -0.144. The summed E-state index contributed by atoms with van der Waals surface area (Å²) in [5.41, 5.74) is 2.78. The average Bonchev–Trinajstić information content (AvgIpc) is 3.18. The van der Waals surface area contributed by atoms with E-state index in [1.807, 2.05) is 0 Å². The van der Waals surface area contributed by atoms with Crippen molar-refractivity contribution in [1.29, 1.82) is 0 Å². The molecule has 0 radical (unpaired) electrons. The van der Waals surface area contributed by atoms with Crippen molar-refractivity contribution in [2.24, 2.45) is 5.92 Å². The Bertz CT molecular complexity index is 1040. The van der Waals surface area contributed by atoms with Crippen molar-refractivity contribution in [1.82, 2.24) is 14.5 Å². The predicted octanol–water partition coefficient (Wildman–Crippen LogP) is 5.02. The second-order valence-corrected chi connectivity index (χ2v) is 9.09. The molecule has 7 nitrogen and oxygen atoms in total. The smallest absolute Gasteiger partial charge is 0.390 e. The number of halogens is 3. The highest BCUT2D eigenvalue weighted by Gasteiger charge is 2.28. The van der Waals surface area contributed by atoms with Crippen LogP contribution >= 0.6 is 0 Å². The van der Waals surface area contributed by atoms with Gasteiger partial charge in [0.05, 0.1) is 25.0 Å². The third kappa shape index (κ3) is 5.71. The number of alkyl halides is 3. The molecule has 2 heterocycles. The third-order valence-corrected chi connectivity index (χ3v) is 6.70. The molecule has 0 spiro atoms. The lowest BCUT2D eigenvalue weighted by atomic mass is 9.87. The van der Waals surface area contributed by atoms with Gasteiger partial charge in [-0.1, -0.05) is 6.08 Å². The number of carbonyl (C=O) groups is 1. The molecule has 1 fully saturated rings. The summed E-state index contributed by atoms with van der Waals surface area (Å²) in [5, 5.41) is 13.5. The van der Waals surface area contributed by atoms with Crippen molar-refractivity contribution in [2.45, 2.75) is 76.6 Å². The molecule has 2 aliphatic rings. The SMILES string of the molecule is CCOC(=O)C1CC=C(c2cn(C3CCC(O)CC3)c3nc(NCCC(F)(F)F)ncc23)CC1. The molecule has 2 aromatic rings. The van der Waals surface area contributed by atoms with Gasteiger partial charge in [0.1, 0.15) is 5.65 Å². The monoisotopic (exact) mass is 480 g/mol. The van der Waals surface area contributed by atoms with Gasteiger partial charge < -0.3 is 19.7 Å². The van der Waals surface area contributed by atoms with Gasteiger partial charge in [0.2, 0.25) is 5.95 Å². The van der Waals surface area contributed by atoms with Gasteiger partial charge in [0.15, 0.2) is 0 Å². The topological polar surface area (TPSA) is 89.3 Å². The van der Waals surface area contributed by atoms with E-state index in [1.165, 1.54) is 0 Å². The minimum absolute atomic E-state index is 0.141. The Labute approximate surface area is 196 Å². The number of anilines is 1. The zero-order valence-corrected chi connectivity index (χ0v) is 19.3. The van der Waals surface area contributed by atoms with E-state index in [0.29, 0.717) is 37.9 Å². The van der Waals surface area contributed by atoms with E-state index in [4.69, 9.17) is 4.74 Å². The van der Waals surface area contributed by atoms with E-state index in [9.17, 15) is 23.1 Å². The summed E-state index contributed by atoms with van der Waals surface area (Å²) in [7, 11) is 0. The number of aliphatic hydroxyl groups is 1. The van der Waals surface area contributed by atoms with Crippen molar-refractivity contribution in [2.75, 3.05) is 18.5 Å². The standard InChI is InChI=1S/C24H31F3N4O3/c1-2-34-22(33)16-5-3-15(4-6-16)20-14-31(17-7-9-18(32)10-8-17)21-19(20)13-29-23(30-21)28-12-11-24(25,26)27/h3,13-14,16-18,32H,2,4-12H2,1H3,(H,28,29,30). The van der Waals surface area contributed by atoms with E-state index < -0.39 is 12.6 Å². The number of aliphatic hydroxyl groups excluding tert-OH is 1. The number of nitrogens with zero attached hydrogens (tertiary/aromatic N) is 3. The summed E-state index contributed by atoms with van der Waals surface area (Å²) in [4.78, 5) is 21.0. The van der Waals surface area contributed by atoms with Crippen molar-refractivity contribution in [3.8, 4) is 0 Å². The van der Waals surface area contributed by atoms with E-state index in [0.717, 1.165) is 35.8 Å². The van der Waals surface area contributed by atoms with Crippen LogP contribution in [0.1, 0.15) is 69.9 Å². The first-order chi connectivity index (χ1) is 16.2. The van der Waals surface area contributed by atoms with Crippen LogP contribution in [0.4, 0.5) is 19.1 Å². The van der Waals surface area contributed by atoms with Crippen LogP contribution in [0.5, 0.6) is 0 Å². The highest BCUT2D eigenvalue weighted by atomic mass is 19.4. The lowest BCUT2D eigenvalue weighted by molar-refractivity contribution is -0.148. The minimum atomic E-state index is -4.25. The number of nitrogens with one attached hydrogen (secondary N) is 1. The Balaban J connectivity index is 1.62. The Morgan fingerprint density at radius 1 is 1.26 bits per heavy atom. The fourth-order valence-electron chi connectivity index (χ4n) is 4.85. The molecule has 2 N–H and O–H groups in total. The summed E-state index contributed by atoms with van der Waals surface area (Å²) in [6.07, 6.45) is 5.31. The molecule has 0 aromatic carbocycles. The second-order valence-electron chi connectivity index (χ2n) is 9.09. The molecule has 186 valence electrons. The zero-order valence-electron chi connectivity index (χ0n) is 19.3. The molecule has 10 heteroatoms. The number of hydrogen-bond donors (Lipinski definition) is 2. The molecule has 0 amide bonds. The quantitative estimate of drug-likeness (QED) is 0.541. The highest BCUT2D eigenvalue weighted by molar-refractivity contribution is 5.91. The van der Waals surface area contributed by atoms with Crippen LogP contribution < -0.4 is 5.32 Å². The van der Waals surface area contributed by atoms with Crippen LogP contribution in [-0.4, -0.2) is 51.0 Å². The van der Waals surface area contributed by atoms with Gasteiger partial charge in [0, 0.05) is 35.9 Å². The van der Waals surface area contributed by atoms with Crippen LogP contribution in [0.2, 0.25) is 0 Å². The summed E-state index contributed by atoms with van der Waals surface area (Å²) < 4.78 is 44.9. The number of hydrogen-bond acceptors (Lipinski definition) is 6. The highest BCUT2D eigenvalue weighted by Crippen LogP contribution is 2.38. The average molecular weight is 481 g/mol. The number of carbonyl (C=O) groups excluding carboxylic acids is 1. The van der Waals surface area contributed by atoms with E-state index in [2.05, 4.69) is 32.1 Å². The van der Waals surface area contributed by atoms with Gasteiger partial charge in [0.25, 0.3) is 0 Å². The molecule has 1 unspecified atom stereocenters. The molecule has 4 rings (SSSR count). The number of fused-ring (bicyclic) bond motifs is 1. The molecule has 1 atom stereocenters. The van der Waals surface area contributed by atoms with Gasteiger partial charge in [-0.25, -0.2) is 4.98 Å². The Hall–Kier alpha value is -2.62. The number of rotatable bonds is 7. The largest absolute Gasteiger partial charge is 0.466 e. The first kappa shape index (κ1) is 24.5. The molecule has 0 aliphatic heterocycles. The van der Waals surface area contributed by atoms with E-state index >= 15 is 0 Å². The molecular weight excluding hydrogens is 449 g/mol. The van der Waals surface area contributed by atoms with Gasteiger partial charge in [-0.15, -0.1) is 0 Å². The van der Waals surface area contributed by atoms with Crippen LogP contribution in [0, 0.1) is 5.92 Å². The Kier molecular flexibility index (Phi) is 7.45. The first-order valence-electron chi connectivity index (χ1n) is 12.0. The second kappa shape index (κ2) is 10.3. The summed E-state index contributed by atoms with van der Waals surface area (Å²) in [6.45, 7) is 1.87. The van der Waals surface area contributed by atoms with Gasteiger partial charge in [-0.2, -0.15) is 18.2 Å². The first-order valence-corrected chi connectivity index (χ1v) is 12.0. The Morgan fingerprint density at radius 3 is 2.68 bits per heavy atom.